The molecule has 21 heavy (non-hydrogen) atoms. The minimum atomic E-state index is -4.40. The molecule has 3 N–H and O–H groups in total. The van der Waals surface area contributed by atoms with Crippen LogP contribution in [-0.4, -0.2) is 42.4 Å². The van der Waals surface area contributed by atoms with Crippen molar-refractivity contribution in [1.29, 1.82) is 0 Å². The first-order chi connectivity index (χ1) is 9.74. The molecule has 1 atom stereocenters. The van der Waals surface area contributed by atoms with Gasteiger partial charge in [0.1, 0.15) is 0 Å². The average Bonchev–Trinajstić information content (AvgIpc) is 2.37. The van der Waals surface area contributed by atoms with Crippen LogP contribution in [-0.2, 0) is 0 Å². The van der Waals surface area contributed by atoms with Gasteiger partial charge in [-0.05, 0) is 12.5 Å². The van der Waals surface area contributed by atoms with Crippen molar-refractivity contribution in [3.63, 3.8) is 0 Å². The van der Waals surface area contributed by atoms with Crippen LogP contribution >= 0.6 is 0 Å². The van der Waals surface area contributed by atoms with Gasteiger partial charge in [-0.25, -0.2) is 8.78 Å². The van der Waals surface area contributed by atoms with E-state index >= 15 is 0 Å². The maximum Gasteiger partial charge on any atom is 0.401 e. The quantitative estimate of drug-likeness (QED) is 0.759. The van der Waals surface area contributed by atoms with Crippen LogP contribution in [0.25, 0.3) is 0 Å². The Bertz CT molecular complexity index is 453. The summed E-state index contributed by atoms with van der Waals surface area (Å²) in [6.45, 7) is -1.87. The normalized spacial score (nSPS) is 13.7. The van der Waals surface area contributed by atoms with E-state index in [0.717, 1.165) is 11.0 Å². The summed E-state index contributed by atoms with van der Waals surface area (Å²) in [4.78, 5) is 0.969. The highest BCUT2D eigenvalue weighted by atomic mass is 19.4. The second-order valence-corrected chi connectivity index (χ2v) is 4.65. The van der Waals surface area contributed by atoms with E-state index in [1.807, 2.05) is 0 Å². The third-order valence-corrected chi connectivity index (χ3v) is 2.96. The lowest BCUT2D eigenvalue weighted by atomic mass is 10.0. The SMILES string of the molecule is NC(CCN(CCO)CC(F)(F)F)c1cccc(F)c1F. The molecular weight excluding hydrogens is 295 g/mol. The number of hydrogen-bond acceptors (Lipinski definition) is 3. The van der Waals surface area contributed by atoms with E-state index in [9.17, 15) is 22.0 Å². The third-order valence-electron chi connectivity index (χ3n) is 2.96. The molecule has 1 rings (SSSR count). The molecule has 1 unspecified atom stereocenters. The summed E-state index contributed by atoms with van der Waals surface area (Å²) in [6.07, 6.45) is -4.39. The first-order valence-corrected chi connectivity index (χ1v) is 6.34. The van der Waals surface area contributed by atoms with Crippen LogP contribution in [0.15, 0.2) is 18.2 Å². The van der Waals surface area contributed by atoms with Gasteiger partial charge in [0.05, 0.1) is 13.2 Å². The van der Waals surface area contributed by atoms with Gasteiger partial charge in [-0.3, -0.25) is 4.90 Å². The molecule has 0 spiro atoms. The van der Waals surface area contributed by atoms with Crippen molar-refractivity contribution < 1.29 is 27.1 Å². The summed E-state index contributed by atoms with van der Waals surface area (Å²) in [5.41, 5.74) is 5.62. The number of aliphatic hydroxyl groups is 1. The molecule has 0 bridgehead atoms. The minimum Gasteiger partial charge on any atom is -0.395 e. The summed E-state index contributed by atoms with van der Waals surface area (Å²) in [7, 11) is 0. The maximum atomic E-state index is 13.5. The Morgan fingerprint density at radius 2 is 1.86 bits per heavy atom. The van der Waals surface area contributed by atoms with Crippen molar-refractivity contribution in [3.8, 4) is 0 Å². The fourth-order valence-electron chi connectivity index (χ4n) is 1.95. The third kappa shape index (κ3) is 5.94. The Balaban J connectivity index is 2.64. The standard InChI is InChI=1S/C13H17F5N2O/c14-10-3-1-2-9(12(10)15)11(19)4-5-20(6-7-21)8-13(16,17)18/h1-3,11,21H,4-8,19H2. The van der Waals surface area contributed by atoms with E-state index in [1.54, 1.807) is 0 Å². The molecule has 0 saturated heterocycles. The number of nitrogens with zero attached hydrogens (tertiary/aromatic N) is 1. The van der Waals surface area contributed by atoms with Crippen molar-refractivity contribution in [2.24, 2.45) is 5.73 Å². The van der Waals surface area contributed by atoms with Crippen LogP contribution in [0, 0.1) is 11.6 Å². The van der Waals surface area contributed by atoms with Crippen LogP contribution < -0.4 is 5.73 Å². The van der Waals surface area contributed by atoms with Crippen LogP contribution in [0.2, 0.25) is 0 Å². The lowest BCUT2D eigenvalue weighted by molar-refractivity contribution is -0.147. The van der Waals surface area contributed by atoms with E-state index in [1.165, 1.54) is 12.1 Å². The number of halogens is 5. The zero-order valence-corrected chi connectivity index (χ0v) is 11.2. The molecule has 1 aromatic carbocycles. The summed E-state index contributed by atoms with van der Waals surface area (Å²) >= 11 is 0. The largest absolute Gasteiger partial charge is 0.401 e. The molecule has 0 amide bonds. The summed E-state index contributed by atoms with van der Waals surface area (Å²) in [5, 5.41) is 8.75. The summed E-state index contributed by atoms with van der Waals surface area (Å²) in [5.74, 6) is -2.14. The van der Waals surface area contributed by atoms with Gasteiger partial charge < -0.3 is 10.8 Å². The molecule has 1 aromatic rings. The second kappa shape index (κ2) is 7.67. The Morgan fingerprint density at radius 3 is 2.43 bits per heavy atom. The number of benzene rings is 1. The van der Waals surface area contributed by atoms with Crippen molar-refractivity contribution in [2.45, 2.75) is 18.6 Å². The van der Waals surface area contributed by atoms with Gasteiger partial charge in [0, 0.05) is 24.7 Å². The minimum absolute atomic E-state index is 0.0104. The molecule has 120 valence electrons. The van der Waals surface area contributed by atoms with Crippen LogP contribution in [0.3, 0.4) is 0 Å². The van der Waals surface area contributed by atoms with Crippen molar-refractivity contribution in [3.05, 3.63) is 35.4 Å². The molecular formula is C13H17F5N2O. The smallest absolute Gasteiger partial charge is 0.395 e. The van der Waals surface area contributed by atoms with Gasteiger partial charge in [-0.1, -0.05) is 12.1 Å². The van der Waals surface area contributed by atoms with E-state index in [2.05, 4.69) is 0 Å². The number of aliphatic hydroxyl groups excluding tert-OH is 1. The molecule has 8 heteroatoms. The predicted molar refractivity (Wildman–Crippen MR) is 67.5 cm³/mol. The number of alkyl halides is 3. The first kappa shape index (κ1) is 17.8. The first-order valence-electron chi connectivity index (χ1n) is 6.34. The molecule has 0 aromatic heterocycles. The van der Waals surface area contributed by atoms with E-state index < -0.39 is 37.0 Å². The maximum absolute atomic E-state index is 13.5. The molecule has 0 fully saturated rings. The van der Waals surface area contributed by atoms with Crippen molar-refractivity contribution in [2.75, 3.05) is 26.2 Å². The number of hydrogen-bond donors (Lipinski definition) is 2. The Labute approximate surface area is 119 Å². The fraction of sp³-hybridized carbons (Fsp3) is 0.538. The highest BCUT2D eigenvalue weighted by Gasteiger charge is 2.30. The van der Waals surface area contributed by atoms with Gasteiger partial charge in [-0.2, -0.15) is 13.2 Å². The molecule has 0 radical (unpaired) electrons. The van der Waals surface area contributed by atoms with E-state index in [-0.39, 0.29) is 25.1 Å². The predicted octanol–water partition coefficient (Wildman–Crippen LogP) is 2.21. The van der Waals surface area contributed by atoms with Crippen LogP contribution in [0.1, 0.15) is 18.0 Å². The summed E-state index contributed by atoms with van der Waals surface area (Å²) in [6, 6.07) is 2.60. The topological polar surface area (TPSA) is 49.5 Å². The van der Waals surface area contributed by atoms with Crippen LogP contribution in [0.4, 0.5) is 22.0 Å². The van der Waals surface area contributed by atoms with Gasteiger partial charge in [-0.15, -0.1) is 0 Å². The number of rotatable bonds is 7. The van der Waals surface area contributed by atoms with Crippen molar-refractivity contribution in [1.82, 2.24) is 4.90 Å². The Kier molecular flexibility index (Phi) is 6.50. The molecule has 3 nitrogen and oxygen atoms in total. The highest BCUT2D eigenvalue weighted by Crippen LogP contribution is 2.21. The molecule has 0 saturated carbocycles. The highest BCUT2D eigenvalue weighted by molar-refractivity contribution is 5.22. The van der Waals surface area contributed by atoms with Gasteiger partial charge in [0.2, 0.25) is 0 Å². The molecule has 0 aliphatic rings. The Morgan fingerprint density at radius 1 is 1.19 bits per heavy atom. The van der Waals surface area contributed by atoms with Gasteiger partial charge in [0.25, 0.3) is 0 Å². The van der Waals surface area contributed by atoms with Crippen LogP contribution in [0.5, 0.6) is 0 Å². The fourth-order valence-corrected chi connectivity index (χ4v) is 1.95. The Hall–Kier alpha value is -1.25. The molecule has 0 aliphatic carbocycles. The average molecular weight is 312 g/mol. The van der Waals surface area contributed by atoms with Gasteiger partial charge in [0.15, 0.2) is 11.6 Å². The molecule has 0 heterocycles. The lowest BCUT2D eigenvalue weighted by Crippen LogP contribution is -2.37. The lowest BCUT2D eigenvalue weighted by Gasteiger charge is -2.24. The number of nitrogens with two attached hydrogens (primary N) is 1. The van der Waals surface area contributed by atoms with E-state index in [4.69, 9.17) is 10.8 Å². The zero-order valence-electron chi connectivity index (χ0n) is 11.2. The molecule has 0 aliphatic heterocycles. The summed E-state index contributed by atoms with van der Waals surface area (Å²) < 4.78 is 63.6. The van der Waals surface area contributed by atoms with Crippen molar-refractivity contribution >= 4 is 0 Å². The van der Waals surface area contributed by atoms with E-state index in [0.29, 0.717) is 0 Å². The van der Waals surface area contributed by atoms with Gasteiger partial charge >= 0.3 is 6.18 Å². The second-order valence-electron chi connectivity index (χ2n) is 4.65. The monoisotopic (exact) mass is 312 g/mol. The zero-order chi connectivity index (χ0) is 16.0.